The molecule has 1 heterocycles. The van der Waals surface area contributed by atoms with Gasteiger partial charge in [0.2, 0.25) is 10.0 Å². The van der Waals surface area contributed by atoms with Crippen molar-refractivity contribution in [1.82, 2.24) is 4.31 Å². The molecule has 0 saturated heterocycles. The van der Waals surface area contributed by atoms with Gasteiger partial charge in [-0.3, -0.25) is 4.79 Å². The number of benzene rings is 2. The van der Waals surface area contributed by atoms with Gasteiger partial charge in [-0.25, -0.2) is 8.42 Å². The number of rotatable bonds is 6. The normalized spacial score (nSPS) is 16.9. The van der Waals surface area contributed by atoms with E-state index in [0.29, 0.717) is 35.6 Å². The van der Waals surface area contributed by atoms with Crippen LogP contribution in [0.25, 0.3) is 0 Å². The van der Waals surface area contributed by atoms with E-state index in [4.69, 9.17) is 14.2 Å². The Morgan fingerprint density at radius 2 is 1.66 bits per heavy atom. The lowest BCUT2D eigenvalue weighted by molar-refractivity contribution is -0.141. The standard InChI is InChI=1S/C21H22F3NO6S/c1-29-18-10-13-8-9-25(17(12-20(26)31-3)16(13)11-19(18)30-2)32(27,28)15-6-4-14(5-7-15)21(22,23)24/h4-7,10-11,17H,8-9,12H2,1-3H3. The molecule has 0 bridgehead atoms. The van der Waals surface area contributed by atoms with Crippen LogP contribution in [0.5, 0.6) is 11.5 Å². The summed E-state index contributed by atoms with van der Waals surface area (Å²) in [5, 5.41) is 0. The third-order valence-corrected chi connectivity index (χ3v) is 7.25. The zero-order chi connectivity index (χ0) is 23.7. The minimum Gasteiger partial charge on any atom is -0.493 e. The number of ether oxygens (including phenoxy) is 3. The summed E-state index contributed by atoms with van der Waals surface area (Å²) >= 11 is 0. The molecular formula is C21H22F3NO6S. The number of hydrogen-bond donors (Lipinski definition) is 0. The van der Waals surface area contributed by atoms with E-state index in [9.17, 15) is 26.4 Å². The Balaban J connectivity index is 2.07. The summed E-state index contributed by atoms with van der Waals surface area (Å²) in [6.45, 7) is 0.0213. The lowest BCUT2D eigenvalue weighted by Crippen LogP contribution is -2.41. The Kier molecular flexibility index (Phi) is 6.70. The number of halogens is 3. The van der Waals surface area contributed by atoms with E-state index in [1.165, 1.54) is 21.3 Å². The molecule has 1 aliphatic rings. The summed E-state index contributed by atoms with van der Waals surface area (Å²) in [5.41, 5.74) is 0.355. The van der Waals surface area contributed by atoms with Crippen molar-refractivity contribution >= 4 is 16.0 Å². The molecule has 0 aromatic heterocycles. The van der Waals surface area contributed by atoms with Crippen molar-refractivity contribution in [3.05, 3.63) is 53.1 Å². The maximum atomic E-state index is 13.4. The molecule has 0 N–H and O–H groups in total. The fourth-order valence-corrected chi connectivity index (χ4v) is 5.30. The SMILES string of the molecule is COC(=O)CC1c2cc(OC)c(OC)cc2CCN1S(=O)(=O)c1ccc(C(F)(F)F)cc1. The van der Waals surface area contributed by atoms with Crippen LogP contribution in [0.4, 0.5) is 13.2 Å². The minimum atomic E-state index is -4.59. The molecule has 7 nitrogen and oxygen atoms in total. The van der Waals surface area contributed by atoms with Crippen LogP contribution in [0, 0.1) is 0 Å². The highest BCUT2D eigenvalue weighted by Gasteiger charge is 2.39. The zero-order valence-electron chi connectivity index (χ0n) is 17.6. The first-order chi connectivity index (χ1) is 15.0. The maximum absolute atomic E-state index is 13.4. The molecule has 1 aliphatic heterocycles. The number of carbonyl (C=O) groups is 1. The molecule has 0 radical (unpaired) electrons. The van der Waals surface area contributed by atoms with Gasteiger partial charge in [0.25, 0.3) is 0 Å². The second-order valence-corrected chi connectivity index (χ2v) is 8.98. The summed E-state index contributed by atoms with van der Waals surface area (Å²) < 4.78 is 81.8. The minimum absolute atomic E-state index is 0.0213. The molecule has 1 atom stereocenters. The Bertz CT molecular complexity index is 1100. The molecule has 0 fully saturated rings. The molecule has 11 heteroatoms. The van der Waals surface area contributed by atoms with Gasteiger partial charge in [0.15, 0.2) is 11.5 Å². The quantitative estimate of drug-likeness (QED) is 0.597. The average molecular weight is 473 g/mol. The number of fused-ring (bicyclic) bond motifs is 1. The van der Waals surface area contributed by atoms with Gasteiger partial charge in [0.05, 0.1) is 44.3 Å². The topological polar surface area (TPSA) is 82.1 Å². The highest BCUT2D eigenvalue weighted by molar-refractivity contribution is 7.89. The van der Waals surface area contributed by atoms with E-state index in [1.807, 2.05) is 0 Å². The Labute approximate surface area is 183 Å². The van der Waals surface area contributed by atoms with E-state index in [1.54, 1.807) is 12.1 Å². The maximum Gasteiger partial charge on any atom is 0.416 e. The van der Waals surface area contributed by atoms with Crippen LogP contribution in [0.1, 0.15) is 29.2 Å². The molecule has 0 aliphatic carbocycles. The molecule has 0 spiro atoms. The fourth-order valence-electron chi connectivity index (χ4n) is 3.70. The Morgan fingerprint density at radius 1 is 1.06 bits per heavy atom. The molecule has 3 rings (SSSR count). The van der Waals surface area contributed by atoms with Crippen LogP contribution in [0.2, 0.25) is 0 Å². The number of hydrogen-bond acceptors (Lipinski definition) is 6. The van der Waals surface area contributed by atoms with Gasteiger partial charge in [-0.2, -0.15) is 17.5 Å². The lowest BCUT2D eigenvalue weighted by atomic mass is 9.91. The smallest absolute Gasteiger partial charge is 0.416 e. The van der Waals surface area contributed by atoms with E-state index < -0.39 is 33.8 Å². The zero-order valence-corrected chi connectivity index (χ0v) is 18.4. The van der Waals surface area contributed by atoms with Gasteiger partial charge >= 0.3 is 12.1 Å². The van der Waals surface area contributed by atoms with Gasteiger partial charge in [0, 0.05) is 6.54 Å². The van der Waals surface area contributed by atoms with Crippen LogP contribution in [0.3, 0.4) is 0 Å². The van der Waals surface area contributed by atoms with Gasteiger partial charge in [-0.1, -0.05) is 0 Å². The lowest BCUT2D eigenvalue weighted by Gasteiger charge is -2.36. The number of methoxy groups -OCH3 is 3. The number of alkyl halides is 3. The number of sulfonamides is 1. The van der Waals surface area contributed by atoms with Crippen molar-refractivity contribution in [2.75, 3.05) is 27.9 Å². The van der Waals surface area contributed by atoms with Gasteiger partial charge in [-0.05, 0) is 53.9 Å². The molecule has 0 amide bonds. The van der Waals surface area contributed by atoms with Crippen molar-refractivity contribution in [1.29, 1.82) is 0 Å². The molecular weight excluding hydrogens is 451 g/mol. The third-order valence-electron chi connectivity index (χ3n) is 5.33. The van der Waals surface area contributed by atoms with Crippen molar-refractivity contribution in [2.24, 2.45) is 0 Å². The fraction of sp³-hybridized carbons (Fsp3) is 0.381. The molecule has 1 unspecified atom stereocenters. The predicted octanol–water partition coefficient (Wildman–Crippen LogP) is 3.57. The van der Waals surface area contributed by atoms with E-state index in [-0.39, 0.29) is 17.9 Å². The largest absolute Gasteiger partial charge is 0.493 e. The first-order valence-corrected chi connectivity index (χ1v) is 11.0. The van der Waals surface area contributed by atoms with Crippen molar-refractivity contribution in [3.8, 4) is 11.5 Å². The second-order valence-electron chi connectivity index (χ2n) is 7.09. The molecule has 0 saturated carbocycles. The number of nitrogens with zero attached hydrogens (tertiary/aromatic N) is 1. The van der Waals surface area contributed by atoms with Crippen LogP contribution >= 0.6 is 0 Å². The summed E-state index contributed by atoms with van der Waals surface area (Å²) in [7, 11) is -0.127. The van der Waals surface area contributed by atoms with Crippen LogP contribution in [-0.2, 0) is 32.2 Å². The number of esters is 1. The summed E-state index contributed by atoms with van der Waals surface area (Å²) in [5.74, 6) is 0.183. The first-order valence-electron chi connectivity index (χ1n) is 9.53. The van der Waals surface area contributed by atoms with Crippen molar-refractivity contribution in [2.45, 2.75) is 30.0 Å². The number of carbonyl (C=O) groups excluding carboxylic acids is 1. The van der Waals surface area contributed by atoms with Gasteiger partial charge in [0.1, 0.15) is 0 Å². The van der Waals surface area contributed by atoms with Crippen molar-refractivity contribution in [3.63, 3.8) is 0 Å². The van der Waals surface area contributed by atoms with E-state index >= 15 is 0 Å². The molecule has 2 aromatic rings. The first kappa shape index (κ1) is 23.9. The molecule has 32 heavy (non-hydrogen) atoms. The average Bonchev–Trinajstić information content (AvgIpc) is 2.77. The van der Waals surface area contributed by atoms with E-state index in [2.05, 4.69) is 0 Å². The van der Waals surface area contributed by atoms with Crippen molar-refractivity contribution < 1.29 is 40.6 Å². The Hall–Kier alpha value is -2.79. The second kappa shape index (κ2) is 8.99. The van der Waals surface area contributed by atoms with Gasteiger partial charge < -0.3 is 14.2 Å². The monoisotopic (exact) mass is 473 g/mol. The highest BCUT2D eigenvalue weighted by atomic mass is 32.2. The molecule has 2 aromatic carbocycles. The summed E-state index contributed by atoms with van der Waals surface area (Å²) in [6, 6.07) is 5.66. The third kappa shape index (κ3) is 4.53. The summed E-state index contributed by atoms with van der Waals surface area (Å²) in [4.78, 5) is 11.8. The van der Waals surface area contributed by atoms with E-state index in [0.717, 1.165) is 22.0 Å². The van der Waals surface area contributed by atoms with Gasteiger partial charge in [-0.15, -0.1) is 0 Å². The van der Waals surface area contributed by atoms with Crippen LogP contribution in [0.15, 0.2) is 41.3 Å². The Morgan fingerprint density at radius 3 is 2.19 bits per heavy atom. The van der Waals surface area contributed by atoms with Crippen LogP contribution < -0.4 is 9.47 Å². The highest BCUT2D eigenvalue weighted by Crippen LogP contribution is 2.42. The summed E-state index contributed by atoms with van der Waals surface area (Å²) in [6.07, 6.45) is -4.55. The van der Waals surface area contributed by atoms with Crippen LogP contribution in [-0.4, -0.2) is 46.6 Å². The predicted molar refractivity (Wildman–Crippen MR) is 108 cm³/mol. The molecule has 174 valence electrons.